The third-order valence-corrected chi connectivity index (χ3v) is 1.56. The summed E-state index contributed by atoms with van der Waals surface area (Å²) < 4.78 is 0. The molecule has 1 rings (SSSR count). The smallest absolute Gasteiger partial charge is 0.269 e. The van der Waals surface area contributed by atoms with E-state index in [2.05, 4.69) is 0 Å². The van der Waals surface area contributed by atoms with Crippen LogP contribution >= 0.6 is 0 Å². The van der Waals surface area contributed by atoms with Crippen molar-refractivity contribution < 1.29 is 4.92 Å². The van der Waals surface area contributed by atoms with E-state index in [-0.39, 0.29) is 16.8 Å². The zero-order valence-corrected chi connectivity index (χ0v) is 6.99. The summed E-state index contributed by atoms with van der Waals surface area (Å²) in [7, 11) is 0. The van der Waals surface area contributed by atoms with Gasteiger partial charge in [-0.1, -0.05) is 19.1 Å². The highest BCUT2D eigenvalue weighted by Gasteiger charge is 2.01. The van der Waals surface area contributed by atoms with Crippen LogP contribution in [0.15, 0.2) is 24.3 Å². The van der Waals surface area contributed by atoms with Gasteiger partial charge in [0, 0.05) is 12.1 Å². The van der Waals surface area contributed by atoms with Crippen LogP contribution in [0.4, 0.5) is 5.69 Å². The molecule has 3 N–H and O–H groups in total. The summed E-state index contributed by atoms with van der Waals surface area (Å²) in [4.78, 5) is 9.82. The Morgan fingerprint density at radius 3 is 2.17 bits per heavy atom. The van der Waals surface area contributed by atoms with Crippen LogP contribution in [0.1, 0.15) is 12.5 Å². The summed E-state index contributed by atoms with van der Waals surface area (Å²) in [5.74, 6) is 0. The highest BCUT2D eigenvalue weighted by atomic mass is 16.6. The molecule has 0 unspecified atom stereocenters. The van der Waals surface area contributed by atoms with Gasteiger partial charge in [-0.25, -0.2) is 0 Å². The summed E-state index contributed by atoms with van der Waals surface area (Å²) in [5.41, 5.74) is 1.28. The van der Waals surface area contributed by atoms with Crippen LogP contribution in [0.25, 0.3) is 0 Å². The molecule has 0 fully saturated rings. The molecule has 0 bridgehead atoms. The van der Waals surface area contributed by atoms with Crippen LogP contribution in [-0.2, 0) is 6.42 Å². The Kier molecular flexibility index (Phi) is 3.93. The van der Waals surface area contributed by atoms with Gasteiger partial charge in [-0.15, -0.1) is 0 Å². The van der Waals surface area contributed by atoms with Crippen LogP contribution in [-0.4, -0.2) is 4.92 Å². The first-order valence-corrected chi connectivity index (χ1v) is 3.47. The van der Waals surface area contributed by atoms with Gasteiger partial charge in [0.25, 0.3) is 5.69 Å². The van der Waals surface area contributed by atoms with Crippen molar-refractivity contribution >= 4 is 5.69 Å². The third-order valence-electron chi connectivity index (χ3n) is 1.56. The third kappa shape index (κ3) is 2.32. The van der Waals surface area contributed by atoms with Gasteiger partial charge in [-0.05, 0) is 12.0 Å². The maximum Gasteiger partial charge on any atom is 0.269 e. The van der Waals surface area contributed by atoms with Gasteiger partial charge in [-0.3, -0.25) is 10.1 Å². The van der Waals surface area contributed by atoms with Gasteiger partial charge in [0.1, 0.15) is 0 Å². The Hall–Kier alpha value is -1.42. The first kappa shape index (κ1) is 10.6. The van der Waals surface area contributed by atoms with Crippen molar-refractivity contribution in [2.45, 2.75) is 13.3 Å². The summed E-state index contributed by atoms with van der Waals surface area (Å²) in [6, 6.07) is 6.61. The summed E-state index contributed by atoms with van der Waals surface area (Å²) in [6.45, 7) is 2.02. The molecule has 0 saturated heterocycles. The summed E-state index contributed by atoms with van der Waals surface area (Å²) in [6.07, 6.45) is 0.915. The first-order chi connectivity index (χ1) is 5.24. The van der Waals surface area contributed by atoms with E-state index >= 15 is 0 Å². The largest absolute Gasteiger partial charge is 0.344 e. The summed E-state index contributed by atoms with van der Waals surface area (Å²) >= 11 is 0. The fraction of sp³-hybridized carbons (Fsp3) is 0.250. The Morgan fingerprint density at radius 2 is 1.83 bits per heavy atom. The lowest BCUT2D eigenvalue weighted by Gasteiger charge is -1.93. The SMILES string of the molecule is CCc1ccc([N+](=O)[O-])cc1.N. The maximum atomic E-state index is 10.2. The predicted octanol–water partition coefficient (Wildman–Crippen LogP) is 2.32. The van der Waals surface area contributed by atoms with Crippen molar-refractivity contribution in [1.29, 1.82) is 0 Å². The molecule has 0 spiro atoms. The lowest BCUT2D eigenvalue weighted by Crippen LogP contribution is -1.87. The Morgan fingerprint density at radius 1 is 1.33 bits per heavy atom. The number of nitrogens with zero attached hydrogens (tertiary/aromatic N) is 1. The topological polar surface area (TPSA) is 78.1 Å². The maximum absolute atomic E-state index is 10.2. The fourth-order valence-corrected chi connectivity index (χ4v) is 0.853. The van der Waals surface area contributed by atoms with Crippen LogP contribution in [0, 0.1) is 10.1 Å². The molecule has 1 aromatic rings. The lowest BCUT2D eigenvalue weighted by atomic mass is 10.2. The molecule has 0 radical (unpaired) electrons. The second-order valence-corrected chi connectivity index (χ2v) is 2.28. The minimum Gasteiger partial charge on any atom is -0.344 e. The van der Waals surface area contributed by atoms with Crippen molar-refractivity contribution in [3.8, 4) is 0 Å². The molecule has 0 atom stereocenters. The molecule has 66 valence electrons. The molecule has 0 aliphatic carbocycles. The molecule has 0 amide bonds. The van der Waals surface area contributed by atoms with Gasteiger partial charge >= 0.3 is 0 Å². The standard InChI is InChI=1S/C8H9NO2.H3N/c1-2-7-3-5-8(6-4-7)9(10)11;/h3-6H,2H2,1H3;1H3. The number of rotatable bonds is 2. The molecular weight excluding hydrogens is 156 g/mol. The van der Waals surface area contributed by atoms with E-state index in [1.807, 2.05) is 6.92 Å². The predicted molar refractivity (Wildman–Crippen MR) is 47.5 cm³/mol. The van der Waals surface area contributed by atoms with Gasteiger partial charge in [0.15, 0.2) is 0 Å². The Labute approximate surface area is 71.0 Å². The monoisotopic (exact) mass is 168 g/mol. The average Bonchev–Trinajstić information content (AvgIpc) is 2.05. The number of non-ortho nitro benzene ring substituents is 1. The van der Waals surface area contributed by atoms with Crippen LogP contribution < -0.4 is 6.15 Å². The number of nitro benzene ring substituents is 1. The number of benzene rings is 1. The van der Waals surface area contributed by atoms with Crippen molar-refractivity contribution in [2.75, 3.05) is 0 Å². The van der Waals surface area contributed by atoms with Crippen molar-refractivity contribution in [2.24, 2.45) is 0 Å². The molecule has 1 aromatic carbocycles. The highest BCUT2D eigenvalue weighted by Crippen LogP contribution is 2.11. The normalized spacial score (nSPS) is 8.75. The van der Waals surface area contributed by atoms with Gasteiger partial charge < -0.3 is 6.15 Å². The number of hydrogen-bond donors (Lipinski definition) is 1. The average molecular weight is 168 g/mol. The quantitative estimate of drug-likeness (QED) is 0.543. The number of nitro groups is 1. The highest BCUT2D eigenvalue weighted by molar-refractivity contribution is 5.32. The molecule has 0 aliphatic heterocycles. The van der Waals surface area contributed by atoms with Crippen molar-refractivity contribution in [3.63, 3.8) is 0 Å². The van der Waals surface area contributed by atoms with E-state index in [9.17, 15) is 10.1 Å². The molecule has 0 heterocycles. The van der Waals surface area contributed by atoms with Crippen molar-refractivity contribution in [1.82, 2.24) is 6.15 Å². The van der Waals surface area contributed by atoms with E-state index in [4.69, 9.17) is 0 Å². The molecule has 4 heteroatoms. The zero-order valence-electron chi connectivity index (χ0n) is 6.99. The number of hydrogen-bond acceptors (Lipinski definition) is 3. The van der Waals surface area contributed by atoms with E-state index < -0.39 is 0 Å². The second-order valence-electron chi connectivity index (χ2n) is 2.28. The molecule has 0 aliphatic rings. The van der Waals surface area contributed by atoms with Crippen LogP contribution in [0.3, 0.4) is 0 Å². The molecule has 0 aromatic heterocycles. The molecule has 0 saturated carbocycles. The van der Waals surface area contributed by atoms with Gasteiger partial charge in [0.2, 0.25) is 0 Å². The van der Waals surface area contributed by atoms with E-state index in [0.29, 0.717) is 0 Å². The van der Waals surface area contributed by atoms with E-state index in [1.54, 1.807) is 12.1 Å². The Balaban J connectivity index is 0.00000121. The Bertz CT molecular complexity index is 256. The zero-order chi connectivity index (χ0) is 8.27. The van der Waals surface area contributed by atoms with E-state index in [0.717, 1.165) is 12.0 Å². The fourth-order valence-electron chi connectivity index (χ4n) is 0.853. The first-order valence-electron chi connectivity index (χ1n) is 3.47. The second kappa shape index (κ2) is 4.46. The van der Waals surface area contributed by atoms with Crippen LogP contribution in [0.5, 0.6) is 0 Å². The van der Waals surface area contributed by atoms with Gasteiger partial charge in [0.05, 0.1) is 4.92 Å². The van der Waals surface area contributed by atoms with E-state index in [1.165, 1.54) is 12.1 Å². The molecule has 12 heavy (non-hydrogen) atoms. The number of aryl methyl sites for hydroxylation is 1. The molecule has 4 nitrogen and oxygen atoms in total. The molecular formula is C8H12N2O2. The minimum absolute atomic E-state index is 0. The lowest BCUT2D eigenvalue weighted by molar-refractivity contribution is -0.384. The van der Waals surface area contributed by atoms with Crippen molar-refractivity contribution in [3.05, 3.63) is 39.9 Å². The minimum atomic E-state index is -0.389. The van der Waals surface area contributed by atoms with Crippen LogP contribution in [0.2, 0.25) is 0 Å². The van der Waals surface area contributed by atoms with Gasteiger partial charge in [-0.2, -0.15) is 0 Å². The summed E-state index contributed by atoms with van der Waals surface area (Å²) in [5, 5.41) is 10.2.